The zero-order chi connectivity index (χ0) is 86.1. The Morgan fingerprint density at radius 3 is 0.706 bits per heavy atom. The molecule has 109 heavy (non-hydrogen) atoms. The summed E-state index contributed by atoms with van der Waals surface area (Å²) in [6.45, 7) is 37.8. The number of carboxylic acids is 2. The van der Waals surface area contributed by atoms with Crippen molar-refractivity contribution in [2.45, 2.75) is 448 Å². The predicted molar refractivity (Wildman–Crippen MR) is 430 cm³/mol. The maximum atomic E-state index is 11.6. The van der Waals surface area contributed by atoms with Gasteiger partial charge >= 0.3 is 23.9 Å². The van der Waals surface area contributed by atoms with Gasteiger partial charge in [-0.3, -0.25) is 19.2 Å². The molecule has 0 spiro atoms. The first-order valence-electron chi connectivity index (χ1n) is 40.7. The highest BCUT2D eigenvalue weighted by Crippen LogP contribution is 2.31. The van der Waals surface area contributed by atoms with Crippen LogP contribution in [0.25, 0.3) is 0 Å². The number of aliphatic hydroxyl groups excluding tert-OH is 12. The van der Waals surface area contributed by atoms with Crippen LogP contribution in [0.4, 0.5) is 0 Å². The third-order valence-electron chi connectivity index (χ3n) is 20.3. The molecule has 0 amide bonds. The molecule has 0 saturated heterocycles. The molecule has 0 aliphatic heterocycles. The molecule has 10 atom stereocenters. The number of methoxy groups -OCH3 is 1. The summed E-state index contributed by atoms with van der Waals surface area (Å²) in [4.78, 5) is 66.1. The molecule has 652 valence electrons. The van der Waals surface area contributed by atoms with Crippen LogP contribution in [0.5, 0.6) is 0 Å². The number of hydrogen-bond acceptors (Lipinski definition) is 22. The van der Waals surface area contributed by atoms with Crippen molar-refractivity contribution in [1.29, 1.82) is 0 Å². The Morgan fingerprint density at radius 2 is 0.514 bits per heavy atom. The van der Waals surface area contributed by atoms with Crippen molar-refractivity contribution < 1.29 is 120 Å². The summed E-state index contributed by atoms with van der Waals surface area (Å²) in [7, 11) is 1.37. The van der Waals surface area contributed by atoms with Crippen molar-refractivity contribution in [2.75, 3.05) is 20.3 Å². The molecule has 0 saturated carbocycles. The van der Waals surface area contributed by atoms with Gasteiger partial charge in [0.2, 0.25) is 0 Å². The number of aliphatic carboxylic acids is 2. The van der Waals surface area contributed by atoms with Crippen LogP contribution in [0.15, 0.2) is 0 Å². The average Bonchev–Trinajstić information content (AvgIpc) is 0.903. The summed E-state index contributed by atoms with van der Waals surface area (Å²) >= 11 is 0. The van der Waals surface area contributed by atoms with Gasteiger partial charge in [0.25, 0.3) is 0 Å². The SMILES string of the molecule is CC(C)(C=O)CCC(O)CCCC(O)CCC(C)(C)C=O.CC(C)(CCC(O)CCCC(O)CCC(C)(C)C(=O)O)C(=O)O.CC(C)(CO)CCC(O)CCCC(O)CCC(C)(C)CO.CC(C)(O)CCC(O)CCCC(O)CCC(C)(C)O.COC(=O)C(C)(C)CCC(O)CCCC(O)CCC(C)(C)OC(C)=O. The van der Waals surface area contributed by atoms with Gasteiger partial charge in [0.05, 0.1) is 95.6 Å². The number of carboxylic acid groups (broad SMARTS) is 2. The van der Waals surface area contributed by atoms with Crippen LogP contribution in [-0.4, -0.2) is 216 Å². The number of carbonyl (C=O) groups is 6. The normalized spacial score (nSPS) is 15.5. The molecule has 0 aliphatic rings. The van der Waals surface area contributed by atoms with E-state index in [0.717, 1.165) is 44.7 Å². The molecule has 0 aromatic heterocycles. The average molecular weight is 1570 g/mol. The van der Waals surface area contributed by atoms with E-state index in [1.807, 2.05) is 69.2 Å². The second-order valence-corrected chi connectivity index (χ2v) is 38.2. The number of esters is 2. The summed E-state index contributed by atoms with van der Waals surface area (Å²) < 4.78 is 9.95. The van der Waals surface area contributed by atoms with Gasteiger partial charge in [0, 0.05) is 31.0 Å². The molecule has 0 heterocycles. The molecule has 16 N–H and O–H groups in total. The van der Waals surface area contributed by atoms with Gasteiger partial charge in [-0.1, -0.05) is 55.4 Å². The van der Waals surface area contributed by atoms with E-state index in [0.29, 0.717) is 193 Å². The minimum Gasteiger partial charge on any atom is -0.481 e. The number of hydrogen-bond donors (Lipinski definition) is 16. The molecular formula is C85H168O24. The number of aliphatic hydroxyl groups is 14. The van der Waals surface area contributed by atoms with Gasteiger partial charge in [-0.25, -0.2) is 0 Å². The van der Waals surface area contributed by atoms with Crippen molar-refractivity contribution in [3.63, 3.8) is 0 Å². The fraction of sp³-hybridized carbons (Fsp3) is 0.929. The van der Waals surface area contributed by atoms with E-state index in [9.17, 15) is 90.0 Å². The lowest BCUT2D eigenvalue weighted by Gasteiger charge is -2.25. The molecule has 0 bridgehead atoms. The van der Waals surface area contributed by atoms with E-state index in [-0.39, 0.29) is 59.0 Å². The van der Waals surface area contributed by atoms with E-state index in [1.54, 1.807) is 69.2 Å². The van der Waals surface area contributed by atoms with Crippen molar-refractivity contribution >= 4 is 36.4 Å². The monoisotopic (exact) mass is 1570 g/mol. The molecule has 0 fully saturated rings. The van der Waals surface area contributed by atoms with Crippen LogP contribution in [0.1, 0.15) is 370 Å². The second-order valence-electron chi connectivity index (χ2n) is 38.2. The number of rotatable bonds is 58. The van der Waals surface area contributed by atoms with Gasteiger partial charge in [-0.15, -0.1) is 0 Å². The molecule has 24 nitrogen and oxygen atoms in total. The third kappa shape index (κ3) is 72.1. The highest BCUT2D eigenvalue weighted by atomic mass is 16.6. The molecule has 0 aliphatic carbocycles. The Hall–Kier alpha value is -3.34. The van der Waals surface area contributed by atoms with Crippen LogP contribution in [0, 0.1) is 37.9 Å². The van der Waals surface area contributed by atoms with E-state index < -0.39 is 93.8 Å². The standard InChI is InChI=1S/C19H36O6.C17H32O6.C17H36O4.C17H32O4.C15H32O4/c1-14(20)25-19(4,5)13-11-16(22)9-7-8-15(21)10-12-18(2,3)17(23)24-6;1-16(2,14(20)21)10-8-12(18)6-5-7-13(19)9-11-17(3,4)15(22)23;2*1-16(2,12-18)10-8-14(20)6-5-7-15(21)9-11-17(3,4)13-19;1-14(2,18)10-8-12(16)6-5-7-13(17)9-11-15(3,4)19/h15-16,21-22H,7-13H2,1-6H3;12-13,18-19H,5-11H2,1-4H3,(H,20,21)(H,22,23);14-15,18-21H,5-13H2,1-4H3;12-15,20-21H,5-11H2,1-4H3;12-13,16-19H,5-11H2,1-4H3. The quantitative estimate of drug-likeness (QED) is 0.0199. The van der Waals surface area contributed by atoms with Crippen LogP contribution < -0.4 is 0 Å². The van der Waals surface area contributed by atoms with Crippen LogP contribution in [0.2, 0.25) is 0 Å². The molecule has 0 aromatic rings. The van der Waals surface area contributed by atoms with Gasteiger partial charge in [-0.2, -0.15) is 0 Å². The summed E-state index contributed by atoms with van der Waals surface area (Å²) in [6.07, 6.45) is 19.0. The minimum atomic E-state index is -0.874. The van der Waals surface area contributed by atoms with Crippen LogP contribution in [-0.2, 0) is 38.2 Å². The first-order chi connectivity index (χ1) is 49.5. The smallest absolute Gasteiger partial charge is 0.311 e. The van der Waals surface area contributed by atoms with Crippen LogP contribution in [0.3, 0.4) is 0 Å². The summed E-state index contributed by atoms with van der Waals surface area (Å²) in [5.74, 6) is -2.34. The Morgan fingerprint density at radius 1 is 0.312 bits per heavy atom. The lowest BCUT2D eigenvalue weighted by atomic mass is 9.85. The maximum absolute atomic E-state index is 11.6. The van der Waals surface area contributed by atoms with Crippen molar-refractivity contribution in [1.82, 2.24) is 0 Å². The Bertz CT molecular complexity index is 2220. The van der Waals surface area contributed by atoms with Gasteiger partial charge in [-0.05, 0) is 319 Å². The third-order valence-corrected chi connectivity index (χ3v) is 20.3. The van der Waals surface area contributed by atoms with Gasteiger partial charge < -0.3 is 101 Å². The van der Waals surface area contributed by atoms with Gasteiger partial charge in [0.15, 0.2) is 0 Å². The van der Waals surface area contributed by atoms with E-state index >= 15 is 0 Å². The molecule has 24 heteroatoms. The second kappa shape index (κ2) is 57.7. The van der Waals surface area contributed by atoms with Gasteiger partial charge in [0.1, 0.15) is 18.2 Å². The lowest BCUT2D eigenvalue weighted by Crippen LogP contribution is -2.28. The topological polar surface area (TPSA) is 445 Å². The minimum absolute atomic E-state index is 0.129. The molecule has 0 radical (unpaired) electrons. The van der Waals surface area contributed by atoms with Crippen molar-refractivity contribution in [3.05, 3.63) is 0 Å². The molecular weight excluding hydrogens is 1400 g/mol. The Labute approximate surface area is 659 Å². The van der Waals surface area contributed by atoms with Crippen LogP contribution >= 0.6 is 0 Å². The Kier molecular flexibility index (Phi) is 60.4. The fourth-order valence-corrected chi connectivity index (χ4v) is 11.0. The fourth-order valence-electron chi connectivity index (χ4n) is 11.0. The van der Waals surface area contributed by atoms with E-state index in [2.05, 4.69) is 0 Å². The lowest BCUT2D eigenvalue weighted by molar-refractivity contribution is -0.155. The first kappa shape index (κ1) is 114. The summed E-state index contributed by atoms with van der Waals surface area (Å²) in [5.41, 5.74) is -5.33. The van der Waals surface area contributed by atoms with E-state index in [1.165, 1.54) is 14.0 Å². The largest absolute Gasteiger partial charge is 0.481 e. The zero-order valence-corrected chi connectivity index (χ0v) is 72.5. The Balaban J connectivity index is -0.000000415. The summed E-state index contributed by atoms with van der Waals surface area (Å²) in [6, 6.07) is 0. The molecule has 0 aromatic carbocycles. The number of ether oxygens (including phenoxy) is 2. The predicted octanol–water partition coefficient (Wildman–Crippen LogP) is 13.0. The van der Waals surface area contributed by atoms with Crippen molar-refractivity contribution in [3.8, 4) is 0 Å². The number of aldehydes is 2. The highest BCUT2D eigenvalue weighted by Gasteiger charge is 2.32. The van der Waals surface area contributed by atoms with E-state index in [4.69, 9.17) is 29.9 Å². The van der Waals surface area contributed by atoms with Crippen molar-refractivity contribution in [2.24, 2.45) is 37.9 Å². The summed E-state index contributed by atoms with van der Waals surface area (Å²) in [5, 5.41) is 154. The zero-order valence-electron chi connectivity index (χ0n) is 72.5. The first-order valence-corrected chi connectivity index (χ1v) is 40.7. The highest BCUT2D eigenvalue weighted by molar-refractivity contribution is 5.75. The maximum Gasteiger partial charge on any atom is 0.311 e. The molecule has 10 unspecified atom stereocenters. The molecule has 0 rings (SSSR count). The number of carbonyl (C=O) groups excluding carboxylic acids is 4.